The summed E-state index contributed by atoms with van der Waals surface area (Å²) in [5, 5.41) is 2.94. The van der Waals surface area contributed by atoms with Gasteiger partial charge in [-0.2, -0.15) is 11.8 Å². The van der Waals surface area contributed by atoms with Gasteiger partial charge in [0.05, 0.1) is 5.56 Å². The molecule has 1 saturated heterocycles. The highest BCUT2D eigenvalue weighted by molar-refractivity contribution is 8.00. The molecule has 1 aromatic rings. The Bertz CT molecular complexity index is 422. The lowest BCUT2D eigenvalue weighted by Gasteiger charge is -2.22. The van der Waals surface area contributed by atoms with Crippen molar-refractivity contribution in [2.75, 3.05) is 18.0 Å². The van der Waals surface area contributed by atoms with Crippen LogP contribution >= 0.6 is 24.2 Å². The lowest BCUT2D eigenvalue weighted by atomic mass is 10.1. The average Bonchev–Trinajstić information content (AvgIpc) is 2.74. The van der Waals surface area contributed by atoms with Crippen LogP contribution in [0.2, 0.25) is 0 Å². The van der Waals surface area contributed by atoms with E-state index in [0.29, 0.717) is 17.8 Å². The molecule has 1 unspecified atom stereocenters. The number of pyridine rings is 1. The third kappa shape index (κ3) is 3.53. The van der Waals surface area contributed by atoms with Gasteiger partial charge in [-0.1, -0.05) is 0 Å². The molecule has 0 aromatic carbocycles. The number of aromatic nitrogens is 1. The van der Waals surface area contributed by atoms with Crippen LogP contribution in [0.3, 0.4) is 0 Å². The SMILES string of the molecule is CC1(CNC(=O)c2cnccc2N)CCCS1.Cl. The molecule has 0 saturated carbocycles. The first-order valence-electron chi connectivity index (χ1n) is 5.72. The van der Waals surface area contributed by atoms with E-state index in [1.807, 2.05) is 11.8 Å². The van der Waals surface area contributed by atoms with Crippen molar-refractivity contribution in [1.29, 1.82) is 0 Å². The summed E-state index contributed by atoms with van der Waals surface area (Å²) in [6, 6.07) is 1.64. The van der Waals surface area contributed by atoms with Gasteiger partial charge in [-0.15, -0.1) is 12.4 Å². The molecule has 1 amide bonds. The van der Waals surface area contributed by atoms with Crippen molar-refractivity contribution in [2.45, 2.75) is 24.5 Å². The number of nitrogens with two attached hydrogens (primary N) is 1. The molecule has 1 aliphatic heterocycles. The van der Waals surface area contributed by atoms with Crippen LogP contribution < -0.4 is 11.1 Å². The van der Waals surface area contributed by atoms with Crippen LogP contribution in [0.5, 0.6) is 0 Å². The summed E-state index contributed by atoms with van der Waals surface area (Å²) in [6.45, 7) is 2.88. The quantitative estimate of drug-likeness (QED) is 0.893. The van der Waals surface area contributed by atoms with Crippen LogP contribution in [0.25, 0.3) is 0 Å². The van der Waals surface area contributed by atoms with Crippen molar-refractivity contribution < 1.29 is 4.79 Å². The summed E-state index contributed by atoms with van der Waals surface area (Å²) in [6.07, 6.45) is 5.47. The number of halogens is 1. The second kappa shape index (κ2) is 6.29. The summed E-state index contributed by atoms with van der Waals surface area (Å²) < 4.78 is 0.173. The molecule has 1 atom stereocenters. The standard InChI is InChI=1S/C12H17N3OS.ClH/c1-12(4-2-6-17-12)8-15-11(16)9-7-14-5-3-10(9)13;/h3,5,7H,2,4,6,8H2,1H3,(H2,13,14)(H,15,16);1H. The molecule has 1 fully saturated rings. The molecule has 2 heterocycles. The number of nitrogen functional groups attached to an aromatic ring is 1. The Balaban J connectivity index is 0.00000162. The zero-order valence-corrected chi connectivity index (χ0v) is 11.9. The normalized spacial score (nSPS) is 22.3. The van der Waals surface area contributed by atoms with Crippen molar-refractivity contribution in [3.05, 3.63) is 24.0 Å². The lowest BCUT2D eigenvalue weighted by molar-refractivity contribution is 0.0950. The topological polar surface area (TPSA) is 68.0 Å². The second-order valence-corrected chi connectivity index (χ2v) is 6.23. The van der Waals surface area contributed by atoms with E-state index in [0.717, 1.165) is 6.42 Å². The first-order chi connectivity index (χ1) is 8.11. The first-order valence-corrected chi connectivity index (χ1v) is 6.71. The molecule has 0 radical (unpaired) electrons. The van der Waals surface area contributed by atoms with Gasteiger partial charge in [0.1, 0.15) is 0 Å². The summed E-state index contributed by atoms with van der Waals surface area (Å²) in [7, 11) is 0. The average molecular weight is 288 g/mol. The van der Waals surface area contributed by atoms with Crippen LogP contribution in [0, 0.1) is 0 Å². The van der Waals surface area contributed by atoms with E-state index in [-0.39, 0.29) is 23.1 Å². The third-order valence-corrected chi connectivity index (χ3v) is 4.56. The number of nitrogens with one attached hydrogen (secondary N) is 1. The van der Waals surface area contributed by atoms with Crippen molar-refractivity contribution >= 4 is 35.8 Å². The molecule has 0 spiro atoms. The molecule has 1 aromatic heterocycles. The zero-order valence-electron chi connectivity index (χ0n) is 10.3. The summed E-state index contributed by atoms with van der Waals surface area (Å²) in [5.41, 5.74) is 6.66. The predicted molar refractivity (Wildman–Crippen MR) is 78.3 cm³/mol. The Morgan fingerprint density at radius 2 is 2.44 bits per heavy atom. The predicted octanol–water partition coefficient (Wildman–Crippen LogP) is 2.10. The van der Waals surface area contributed by atoms with Crippen LogP contribution in [0.15, 0.2) is 18.5 Å². The summed E-state index contributed by atoms with van der Waals surface area (Å²) >= 11 is 1.92. The van der Waals surface area contributed by atoms with Crippen molar-refractivity contribution in [3.8, 4) is 0 Å². The number of anilines is 1. The lowest BCUT2D eigenvalue weighted by Crippen LogP contribution is -2.37. The van der Waals surface area contributed by atoms with Gasteiger partial charge >= 0.3 is 0 Å². The zero-order chi connectivity index (χ0) is 12.3. The molecule has 2 rings (SSSR count). The number of carbonyl (C=O) groups is 1. The van der Waals surface area contributed by atoms with Gasteiger partial charge in [0.2, 0.25) is 0 Å². The maximum absolute atomic E-state index is 11.9. The number of carbonyl (C=O) groups excluding carboxylic acids is 1. The Labute approximate surface area is 118 Å². The van der Waals surface area contributed by atoms with Gasteiger partial charge in [0.25, 0.3) is 5.91 Å². The Morgan fingerprint density at radius 3 is 3.06 bits per heavy atom. The molecular formula is C12H18ClN3OS. The largest absolute Gasteiger partial charge is 0.398 e. The number of thioether (sulfide) groups is 1. The molecule has 3 N–H and O–H groups in total. The molecule has 6 heteroatoms. The second-order valence-electron chi connectivity index (χ2n) is 4.55. The first kappa shape index (κ1) is 15.1. The fourth-order valence-electron chi connectivity index (χ4n) is 1.93. The minimum absolute atomic E-state index is 0. The van der Waals surface area contributed by atoms with Crippen LogP contribution in [-0.4, -0.2) is 27.9 Å². The molecule has 4 nitrogen and oxygen atoms in total. The molecule has 1 aliphatic rings. The smallest absolute Gasteiger partial charge is 0.254 e. The molecule has 0 aliphatic carbocycles. The maximum Gasteiger partial charge on any atom is 0.254 e. The highest BCUT2D eigenvalue weighted by Gasteiger charge is 2.29. The molecule has 0 bridgehead atoms. The number of hydrogen-bond donors (Lipinski definition) is 2. The van der Waals surface area contributed by atoms with E-state index in [2.05, 4.69) is 17.2 Å². The fourth-order valence-corrected chi connectivity index (χ4v) is 3.18. The van der Waals surface area contributed by atoms with Gasteiger partial charge in [0, 0.05) is 29.4 Å². The highest BCUT2D eigenvalue weighted by Crippen LogP contribution is 2.36. The summed E-state index contributed by atoms with van der Waals surface area (Å²) in [4.78, 5) is 15.8. The number of amides is 1. The van der Waals surface area contributed by atoms with E-state index in [4.69, 9.17) is 5.73 Å². The Morgan fingerprint density at radius 1 is 1.67 bits per heavy atom. The van der Waals surface area contributed by atoms with E-state index in [9.17, 15) is 4.79 Å². The van der Waals surface area contributed by atoms with E-state index in [1.54, 1.807) is 12.3 Å². The number of nitrogens with zero attached hydrogens (tertiary/aromatic N) is 1. The number of rotatable bonds is 3. The minimum atomic E-state index is -0.135. The Kier molecular flexibility index (Phi) is 5.28. The van der Waals surface area contributed by atoms with Crippen molar-refractivity contribution in [1.82, 2.24) is 10.3 Å². The number of hydrogen-bond acceptors (Lipinski definition) is 4. The summed E-state index contributed by atoms with van der Waals surface area (Å²) in [5.74, 6) is 1.05. The fraction of sp³-hybridized carbons (Fsp3) is 0.500. The molecule has 100 valence electrons. The van der Waals surface area contributed by atoms with Crippen molar-refractivity contribution in [3.63, 3.8) is 0 Å². The van der Waals surface area contributed by atoms with Crippen LogP contribution in [0.1, 0.15) is 30.1 Å². The Hall–Kier alpha value is -0.940. The monoisotopic (exact) mass is 287 g/mol. The van der Waals surface area contributed by atoms with Gasteiger partial charge in [-0.05, 0) is 31.6 Å². The van der Waals surface area contributed by atoms with Crippen LogP contribution in [-0.2, 0) is 0 Å². The van der Waals surface area contributed by atoms with Gasteiger partial charge in [-0.25, -0.2) is 0 Å². The van der Waals surface area contributed by atoms with Crippen LogP contribution in [0.4, 0.5) is 5.69 Å². The highest BCUT2D eigenvalue weighted by atomic mass is 35.5. The van der Waals surface area contributed by atoms with Gasteiger partial charge in [-0.3, -0.25) is 9.78 Å². The minimum Gasteiger partial charge on any atom is -0.398 e. The van der Waals surface area contributed by atoms with Gasteiger partial charge < -0.3 is 11.1 Å². The van der Waals surface area contributed by atoms with E-state index < -0.39 is 0 Å². The maximum atomic E-state index is 11.9. The van der Waals surface area contributed by atoms with E-state index in [1.165, 1.54) is 18.4 Å². The van der Waals surface area contributed by atoms with Crippen molar-refractivity contribution in [2.24, 2.45) is 0 Å². The molecular weight excluding hydrogens is 270 g/mol. The van der Waals surface area contributed by atoms with E-state index >= 15 is 0 Å². The third-order valence-electron chi connectivity index (χ3n) is 3.02. The van der Waals surface area contributed by atoms with Gasteiger partial charge in [0.15, 0.2) is 0 Å². The molecule has 18 heavy (non-hydrogen) atoms.